The van der Waals surface area contributed by atoms with E-state index in [9.17, 15) is 9.59 Å². The fraction of sp³-hybridized carbons (Fsp3) is 0.409. The minimum absolute atomic E-state index is 0.0477. The monoisotopic (exact) mass is 380 g/mol. The molecule has 0 saturated heterocycles. The minimum Gasteiger partial charge on any atom is -0.346 e. The van der Waals surface area contributed by atoms with Crippen molar-refractivity contribution < 1.29 is 9.59 Å². The molecule has 0 spiro atoms. The fourth-order valence-corrected chi connectivity index (χ4v) is 3.48. The maximum atomic E-state index is 12.3. The zero-order chi connectivity index (χ0) is 20.1. The molecule has 0 fully saturated rings. The first-order valence-electron chi connectivity index (χ1n) is 9.64. The van der Waals surface area contributed by atoms with Gasteiger partial charge in [-0.15, -0.1) is 0 Å². The van der Waals surface area contributed by atoms with Gasteiger partial charge in [-0.1, -0.05) is 30.3 Å². The van der Waals surface area contributed by atoms with Crippen molar-refractivity contribution in [2.75, 3.05) is 13.1 Å². The molecule has 0 radical (unpaired) electrons. The Bertz CT molecular complexity index is 830. The van der Waals surface area contributed by atoms with E-state index in [1.54, 1.807) is 6.20 Å². The van der Waals surface area contributed by atoms with Gasteiger partial charge in [0.2, 0.25) is 0 Å². The van der Waals surface area contributed by atoms with Crippen molar-refractivity contribution in [3.8, 4) is 0 Å². The van der Waals surface area contributed by atoms with Gasteiger partial charge in [0.05, 0.1) is 6.04 Å². The van der Waals surface area contributed by atoms with Crippen LogP contribution in [0, 0.1) is 0 Å². The Morgan fingerprint density at radius 2 is 1.86 bits per heavy atom. The maximum Gasteiger partial charge on any atom is 0.309 e. The van der Waals surface area contributed by atoms with Crippen molar-refractivity contribution in [1.82, 2.24) is 20.5 Å². The van der Waals surface area contributed by atoms with Crippen molar-refractivity contribution >= 4 is 11.8 Å². The first-order chi connectivity index (χ1) is 13.3. The highest BCUT2D eigenvalue weighted by Gasteiger charge is 2.27. The number of pyridine rings is 1. The smallest absolute Gasteiger partial charge is 0.309 e. The Labute approximate surface area is 166 Å². The number of carbonyl (C=O) groups excluding carboxylic acids is 2. The summed E-state index contributed by atoms with van der Waals surface area (Å²) in [6.07, 6.45) is 4.53. The van der Waals surface area contributed by atoms with Gasteiger partial charge in [-0.25, -0.2) is 0 Å². The molecule has 1 aliphatic heterocycles. The third kappa shape index (κ3) is 5.16. The molecular formula is C22H28N4O2. The number of hydrogen-bond donors (Lipinski definition) is 2. The Morgan fingerprint density at radius 3 is 2.54 bits per heavy atom. The second-order valence-electron chi connectivity index (χ2n) is 8.21. The van der Waals surface area contributed by atoms with Crippen LogP contribution in [-0.4, -0.2) is 40.3 Å². The highest BCUT2D eigenvalue weighted by atomic mass is 16.2. The molecule has 0 bridgehead atoms. The van der Waals surface area contributed by atoms with E-state index in [0.717, 1.165) is 25.1 Å². The van der Waals surface area contributed by atoms with Crippen molar-refractivity contribution in [2.24, 2.45) is 0 Å². The normalized spacial score (nSPS) is 15.4. The largest absolute Gasteiger partial charge is 0.346 e. The molecule has 0 aliphatic carbocycles. The Balaban J connectivity index is 1.72. The second kappa shape index (κ2) is 8.52. The molecular weight excluding hydrogens is 352 g/mol. The average molecular weight is 380 g/mol. The summed E-state index contributed by atoms with van der Waals surface area (Å²) in [7, 11) is 0. The zero-order valence-corrected chi connectivity index (χ0v) is 16.7. The van der Waals surface area contributed by atoms with Gasteiger partial charge >= 0.3 is 11.8 Å². The molecule has 2 amide bonds. The first kappa shape index (κ1) is 20.0. The van der Waals surface area contributed by atoms with Gasteiger partial charge in [0.25, 0.3) is 0 Å². The van der Waals surface area contributed by atoms with Crippen molar-refractivity contribution in [1.29, 1.82) is 0 Å². The molecule has 0 saturated carbocycles. The lowest BCUT2D eigenvalue weighted by Crippen LogP contribution is -2.49. The van der Waals surface area contributed by atoms with Gasteiger partial charge in [-0.3, -0.25) is 19.5 Å². The Kier molecular flexibility index (Phi) is 6.09. The van der Waals surface area contributed by atoms with E-state index in [1.165, 1.54) is 11.1 Å². The molecule has 1 atom stereocenters. The summed E-state index contributed by atoms with van der Waals surface area (Å²) in [5.41, 5.74) is 3.25. The predicted octanol–water partition coefficient (Wildman–Crippen LogP) is 2.21. The third-order valence-corrected chi connectivity index (χ3v) is 4.82. The molecule has 2 N–H and O–H groups in total. The molecule has 6 nitrogen and oxygen atoms in total. The number of nitrogens with zero attached hydrogens (tertiary/aromatic N) is 2. The molecule has 2 heterocycles. The van der Waals surface area contributed by atoms with Gasteiger partial charge in [0, 0.05) is 37.6 Å². The van der Waals surface area contributed by atoms with Crippen LogP contribution in [0.25, 0.3) is 0 Å². The van der Waals surface area contributed by atoms with E-state index in [1.807, 2.05) is 39.1 Å². The molecule has 0 unspecified atom stereocenters. The van der Waals surface area contributed by atoms with E-state index in [2.05, 4.69) is 44.8 Å². The summed E-state index contributed by atoms with van der Waals surface area (Å²) < 4.78 is 0. The Morgan fingerprint density at radius 1 is 1.11 bits per heavy atom. The first-order valence-corrected chi connectivity index (χ1v) is 9.64. The van der Waals surface area contributed by atoms with Gasteiger partial charge in [0.15, 0.2) is 0 Å². The average Bonchev–Trinajstić information content (AvgIpc) is 2.67. The number of aromatic nitrogens is 1. The number of nitrogens with one attached hydrogen (secondary N) is 2. The van der Waals surface area contributed by atoms with E-state index >= 15 is 0 Å². The lowest BCUT2D eigenvalue weighted by atomic mass is 9.97. The molecule has 3 rings (SSSR count). The standard InChI is InChI=1S/C22H28N4O2/c1-22(2,3)25-21(28)20(27)24-14-19(17-9-6-11-23-13-17)26-12-10-16-7-4-5-8-18(16)15-26/h4-9,11,13,19H,10,12,14-15H2,1-3H3,(H,24,27)(H,25,28)/t19-/m1/s1. The number of benzene rings is 1. The van der Waals surface area contributed by atoms with E-state index in [0.29, 0.717) is 6.54 Å². The number of fused-ring (bicyclic) bond motifs is 1. The SMILES string of the molecule is CC(C)(C)NC(=O)C(=O)NC[C@H](c1cccnc1)N1CCc2ccccc2C1. The molecule has 28 heavy (non-hydrogen) atoms. The van der Waals surface area contributed by atoms with Crippen LogP contribution >= 0.6 is 0 Å². The number of amides is 2. The fourth-order valence-electron chi connectivity index (χ4n) is 3.48. The minimum atomic E-state index is -0.610. The lowest BCUT2D eigenvalue weighted by Gasteiger charge is -2.36. The lowest BCUT2D eigenvalue weighted by molar-refractivity contribution is -0.140. The summed E-state index contributed by atoms with van der Waals surface area (Å²) in [5.74, 6) is -1.22. The molecule has 2 aromatic rings. The van der Waals surface area contributed by atoms with Gasteiger partial charge < -0.3 is 10.6 Å². The highest BCUT2D eigenvalue weighted by Crippen LogP contribution is 2.27. The maximum absolute atomic E-state index is 12.3. The van der Waals surface area contributed by atoms with Crippen LogP contribution in [0.5, 0.6) is 0 Å². The van der Waals surface area contributed by atoms with E-state index in [4.69, 9.17) is 0 Å². The zero-order valence-electron chi connectivity index (χ0n) is 16.7. The molecule has 1 aliphatic rings. The van der Waals surface area contributed by atoms with Gasteiger partial charge in [-0.2, -0.15) is 0 Å². The van der Waals surface area contributed by atoms with Crippen molar-refractivity contribution in [2.45, 2.75) is 45.3 Å². The van der Waals surface area contributed by atoms with E-state index in [-0.39, 0.29) is 6.04 Å². The van der Waals surface area contributed by atoms with Gasteiger partial charge in [-0.05, 0) is 49.9 Å². The third-order valence-electron chi connectivity index (χ3n) is 4.82. The van der Waals surface area contributed by atoms with Crippen LogP contribution in [0.2, 0.25) is 0 Å². The summed E-state index contributed by atoms with van der Waals surface area (Å²) >= 11 is 0. The summed E-state index contributed by atoms with van der Waals surface area (Å²) in [6, 6.07) is 12.3. The summed E-state index contributed by atoms with van der Waals surface area (Å²) in [5, 5.41) is 5.50. The number of carbonyl (C=O) groups is 2. The predicted molar refractivity (Wildman–Crippen MR) is 108 cm³/mol. The van der Waals surface area contributed by atoms with Crippen LogP contribution < -0.4 is 10.6 Å². The van der Waals surface area contributed by atoms with Crippen LogP contribution in [0.4, 0.5) is 0 Å². The van der Waals surface area contributed by atoms with Crippen LogP contribution in [0.15, 0.2) is 48.8 Å². The molecule has 148 valence electrons. The van der Waals surface area contributed by atoms with Crippen molar-refractivity contribution in [3.05, 3.63) is 65.5 Å². The molecule has 1 aromatic carbocycles. The molecule has 6 heteroatoms. The number of hydrogen-bond acceptors (Lipinski definition) is 4. The Hall–Kier alpha value is -2.73. The number of rotatable bonds is 4. The highest BCUT2D eigenvalue weighted by molar-refractivity contribution is 6.35. The summed E-state index contributed by atoms with van der Waals surface area (Å²) in [6.45, 7) is 7.59. The molecule has 1 aromatic heterocycles. The topological polar surface area (TPSA) is 74.3 Å². The van der Waals surface area contributed by atoms with Crippen molar-refractivity contribution in [3.63, 3.8) is 0 Å². The summed E-state index contributed by atoms with van der Waals surface area (Å²) in [4.78, 5) is 31.0. The second-order valence-corrected chi connectivity index (χ2v) is 8.21. The van der Waals surface area contributed by atoms with Gasteiger partial charge in [0.1, 0.15) is 0 Å². The quantitative estimate of drug-likeness (QED) is 0.798. The van der Waals surface area contributed by atoms with Crippen LogP contribution in [-0.2, 0) is 22.6 Å². The van der Waals surface area contributed by atoms with Crippen LogP contribution in [0.1, 0.15) is 43.5 Å². The van der Waals surface area contributed by atoms with E-state index < -0.39 is 17.4 Å². The van der Waals surface area contributed by atoms with Crippen LogP contribution in [0.3, 0.4) is 0 Å².